The summed E-state index contributed by atoms with van der Waals surface area (Å²) in [4.78, 5) is 20.9. The van der Waals surface area contributed by atoms with E-state index < -0.39 is 23.1 Å². The summed E-state index contributed by atoms with van der Waals surface area (Å²) in [6.07, 6.45) is 3.37. The molecule has 0 fully saturated rings. The number of nitrogens with zero attached hydrogens (tertiary/aromatic N) is 2. The van der Waals surface area contributed by atoms with Gasteiger partial charge in [0.05, 0.1) is 17.7 Å². The van der Waals surface area contributed by atoms with Crippen molar-refractivity contribution in [2.75, 3.05) is 7.11 Å². The van der Waals surface area contributed by atoms with Crippen LogP contribution in [0.3, 0.4) is 0 Å². The summed E-state index contributed by atoms with van der Waals surface area (Å²) in [5.41, 5.74) is 6.73. The maximum Gasteiger partial charge on any atom is 0.254 e. The predicted octanol–water partition coefficient (Wildman–Crippen LogP) is 5.86. The molecule has 0 aliphatic heterocycles. The smallest absolute Gasteiger partial charge is 0.254 e. The number of amides is 1. The van der Waals surface area contributed by atoms with Crippen molar-refractivity contribution in [1.29, 1.82) is 0 Å². The van der Waals surface area contributed by atoms with E-state index in [0.29, 0.717) is 5.01 Å². The molecule has 0 aliphatic carbocycles. The Morgan fingerprint density at radius 2 is 1.68 bits per heavy atom. The maximum atomic E-state index is 14.5. The van der Waals surface area contributed by atoms with Crippen LogP contribution in [0.1, 0.15) is 29.2 Å². The minimum Gasteiger partial charge on any atom is -0.497 e. The van der Waals surface area contributed by atoms with E-state index >= 15 is 0 Å². The average Bonchev–Trinajstić information content (AvgIpc) is 3.29. The zero-order valence-corrected chi connectivity index (χ0v) is 19.7. The zero-order valence-electron chi connectivity index (χ0n) is 18.8. The van der Waals surface area contributed by atoms with E-state index in [4.69, 9.17) is 15.2 Å². The number of nitrogens with two attached hydrogens (primary N) is 1. The van der Waals surface area contributed by atoms with Crippen LogP contribution in [0.15, 0.2) is 60.9 Å². The topological polar surface area (TPSA) is 87.3 Å². The van der Waals surface area contributed by atoms with Gasteiger partial charge in [-0.3, -0.25) is 9.78 Å². The van der Waals surface area contributed by atoms with Gasteiger partial charge in [0, 0.05) is 18.0 Å². The van der Waals surface area contributed by atoms with Crippen molar-refractivity contribution in [3.05, 3.63) is 83.1 Å². The van der Waals surface area contributed by atoms with Gasteiger partial charge in [0.15, 0.2) is 11.6 Å². The number of ether oxygens (including phenoxy) is 2. The van der Waals surface area contributed by atoms with Gasteiger partial charge in [-0.15, -0.1) is 11.3 Å². The van der Waals surface area contributed by atoms with E-state index in [1.807, 2.05) is 50.2 Å². The van der Waals surface area contributed by atoms with E-state index in [0.717, 1.165) is 39.6 Å². The fraction of sp³-hybridized carbons (Fsp3) is 0.160. The molecule has 0 saturated carbocycles. The molecule has 0 atom stereocenters. The first-order chi connectivity index (χ1) is 16.5. The minimum atomic E-state index is -1.21. The monoisotopic (exact) mass is 483 g/mol. The molecule has 2 heterocycles. The highest BCUT2D eigenvalue weighted by molar-refractivity contribution is 7.15. The Morgan fingerprint density at radius 1 is 1.00 bits per heavy atom. The van der Waals surface area contributed by atoms with Crippen LogP contribution < -0.4 is 15.2 Å². The highest BCUT2D eigenvalue weighted by Gasteiger charge is 2.20. The molecule has 0 radical (unpaired) electrons. The lowest BCUT2D eigenvalue weighted by atomic mass is 10.1. The van der Waals surface area contributed by atoms with Crippen molar-refractivity contribution < 1.29 is 23.0 Å². The SMILES string of the molecule is CC.COc1ccc(-c2nc(COc3ccc(F)c(C(N)=O)c3F)sc2-c2ccncc2)cc1. The lowest BCUT2D eigenvalue weighted by Crippen LogP contribution is -2.16. The van der Waals surface area contributed by atoms with Crippen LogP contribution in [0.2, 0.25) is 0 Å². The summed E-state index contributed by atoms with van der Waals surface area (Å²) in [6.45, 7) is 3.92. The molecular weight excluding hydrogens is 460 g/mol. The lowest BCUT2D eigenvalue weighted by molar-refractivity contribution is 0.0991. The van der Waals surface area contributed by atoms with Gasteiger partial charge in [-0.05, 0) is 54.1 Å². The van der Waals surface area contributed by atoms with Crippen molar-refractivity contribution >= 4 is 17.2 Å². The number of carbonyl (C=O) groups excluding carboxylic acids is 1. The quantitative estimate of drug-likeness (QED) is 0.356. The highest BCUT2D eigenvalue weighted by atomic mass is 32.1. The Morgan fingerprint density at radius 3 is 2.29 bits per heavy atom. The molecule has 2 aromatic heterocycles. The van der Waals surface area contributed by atoms with E-state index in [1.165, 1.54) is 11.3 Å². The van der Waals surface area contributed by atoms with Crippen LogP contribution in [-0.4, -0.2) is 23.0 Å². The molecule has 0 unspecified atom stereocenters. The minimum absolute atomic E-state index is 0.0837. The molecule has 34 heavy (non-hydrogen) atoms. The van der Waals surface area contributed by atoms with Gasteiger partial charge in [0.2, 0.25) is 0 Å². The maximum absolute atomic E-state index is 14.5. The number of primary amides is 1. The van der Waals surface area contributed by atoms with E-state index in [1.54, 1.807) is 19.5 Å². The number of carbonyl (C=O) groups is 1. The molecule has 1 amide bonds. The molecule has 0 spiro atoms. The molecule has 0 bridgehead atoms. The predicted molar refractivity (Wildman–Crippen MR) is 128 cm³/mol. The number of pyridine rings is 1. The molecule has 0 saturated heterocycles. The van der Waals surface area contributed by atoms with Crippen molar-refractivity contribution in [1.82, 2.24) is 9.97 Å². The summed E-state index contributed by atoms with van der Waals surface area (Å²) in [5.74, 6) is -2.96. The number of benzene rings is 2. The largest absolute Gasteiger partial charge is 0.497 e. The zero-order chi connectivity index (χ0) is 24.7. The average molecular weight is 484 g/mol. The Bertz CT molecular complexity index is 1260. The van der Waals surface area contributed by atoms with Crippen molar-refractivity contribution in [3.8, 4) is 33.2 Å². The molecule has 2 aromatic carbocycles. The van der Waals surface area contributed by atoms with E-state index in [9.17, 15) is 13.6 Å². The molecule has 4 rings (SSSR count). The summed E-state index contributed by atoms with van der Waals surface area (Å²) in [7, 11) is 1.59. The number of hydrogen-bond acceptors (Lipinski definition) is 6. The van der Waals surface area contributed by atoms with Crippen LogP contribution >= 0.6 is 11.3 Å². The van der Waals surface area contributed by atoms with Gasteiger partial charge in [-0.1, -0.05) is 13.8 Å². The van der Waals surface area contributed by atoms with Crippen LogP contribution in [0, 0.1) is 11.6 Å². The van der Waals surface area contributed by atoms with Crippen LogP contribution in [0.4, 0.5) is 8.78 Å². The van der Waals surface area contributed by atoms with Gasteiger partial charge in [0.1, 0.15) is 28.7 Å². The first kappa shape index (κ1) is 24.8. The normalized spacial score (nSPS) is 10.3. The molecule has 4 aromatic rings. The van der Waals surface area contributed by atoms with Gasteiger partial charge in [-0.2, -0.15) is 0 Å². The molecular formula is C25H23F2N3O3S. The Balaban J connectivity index is 0.00000158. The molecule has 9 heteroatoms. The molecule has 6 nitrogen and oxygen atoms in total. The van der Waals surface area contributed by atoms with E-state index in [-0.39, 0.29) is 12.4 Å². The summed E-state index contributed by atoms with van der Waals surface area (Å²) < 4.78 is 38.9. The third-order valence-electron chi connectivity index (χ3n) is 4.63. The van der Waals surface area contributed by atoms with Crippen LogP contribution in [-0.2, 0) is 6.61 Å². The second-order valence-electron chi connectivity index (χ2n) is 6.64. The Labute approximate surface area is 200 Å². The van der Waals surface area contributed by atoms with Crippen LogP contribution in [0.5, 0.6) is 11.5 Å². The number of rotatable bonds is 7. The number of halogens is 2. The summed E-state index contributed by atoms with van der Waals surface area (Å²) >= 11 is 1.37. The lowest BCUT2D eigenvalue weighted by Gasteiger charge is -2.08. The van der Waals surface area contributed by atoms with Crippen LogP contribution in [0.25, 0.3) is 21.7 Å². The fourth-order valence-corrected chi connectivity index (χ4v) is 4.08. The second-order valence-corrected chi connectivity index (χ2v) is 7.72. The van der Waals surface area contributed by atoms with Gasteiger partial charge < -0.3 is 15.2 Å². The molecule has 0 aliphatic rings. The number of hydrogen-bond donors (Lipinski definition) is 1. The Hall–Kier alpha value is -3.85. The van der Waals surface area contributed by atoms with Crippen molar-refractivity contribution in [3.63, 3.8) is 0 Å². The second kappa shape index (κ2) is 11.3. The van der Waals surface area contributed by atoms with E-state index in [2.05, 4.69) is 9.97 Å². The number of methoxy groups -OCH3 is 1. The van der Waals surface area contributed by atoms with Gasteiger partial charge in [0.25, 0.3) is 5.91 Å². The number of aromatic nitrogens is 2. The fourth-order valence-electron chi connectivity index (χ4n) is 3.08. The molecule has 2 N–H and O–H groups in total. The molecule has 176 valence electrons. The Kier molecular flexibility index (Phi) is 8.26. The first-order valence-electron chi connectivity index (χ1n) is 10.4. The first-order valence-corrected chi connectivity index (χ1v) is 11.2. The number of thiazole rings is 1. The van der Waals surface area contributed by atoms with Crippen molar-refractivity contribution in [2.24, 2.45) is 5.73 Å². The van der Waals surface area contributed by atoms with Gasteiger partial charge in [-0.25, -0.2) is 13.8 Å². The third-order valence-corrected chi connectivity index (χ3v) is 5.71. The van der Waals surface area contributed by atoms with Gasteiger partial charge >= 0.3 is 0 Å². The van der Waals surface area contributed by atoms with Crippen molar-refractivity contribution in [2.45, 2.75) is 20.5 Å². The highest BCUT2D eigenvalue weighted by Crippen LogP contribution is 2.37. The standard InChI is InChI=1S/C23H17F2N3O3S.C2H6/c1-30-15-4-2-13(3-5-15)21-22(14-8-10-27-11-9-14)32-18(28-21)12-31-17-7-6-16(24)19(20(17)25)23(26)29;1-2/h2-11H,12H2,1H3,(H2,26,29);1-2H3. The summed E-state index contributed by atoms with van der Waals surface area (Å²) in [5, 5.41) is 0.562. The summed E-state index contributed by atoms with van der Waals surface area (Å²) in [6, 6.07) is 13.2. The third kappa shape index (κ3) is 5.37.